The SMILES string of the molecule is CC1CN(c2cc3c(cc2Cl)C(O)C(=O)N3)CC1N(C)C. The van der Waals surface area contributed by atoms with E-state index in [2.05, 4.69) is 36.1 Å². The average molecular weight is 310 g/mol. The van der Waals surface area contributed by atoms with Gasteiger partial charge >= 0.3 is 0 Å². The molecule has 21 heavy (non-hydrogen) atoms. The minimum atomic E-state index is -1.11. The Balaban J connectivity index is 1.91. The number of halogens is 1. The highest BCUT2D eigenvalue weighted by atomic mass is 35.5. The molecule has 0 aromatic heterocycles. The van der Waals surface area contributed by atoms with Gasteiger partial charge in [-0.3, -0.25) is 4.79 Å². The number of carbonyl (C=O) groups is 1. The number of fused-ring (bicyclic) bond motifs is 1. The molecule has 1 fully saturated rings. The van der Waals surface area contributed by atoms with Crippen LogP contribution in [-0.4, -0.2) is 49.1 Å². The second-order valence-corrected chi connectivity index (χ2v) is 6.60. The summed E-state index contributed by atoms with van der Waals surface area (Å²) in [6, 6.07) is 4.05. The fourth-order valence-corrected chi connectivity index (χ4v) is 3.61. The van der Waals surface area contributed by atoms with E-state index in [1.807, 2.05) is 6.07 Å². The number of aliphatic hydroxyl groups excluding tert-OH is 1. The van der Waals surface area contributed by atoms with Crippen LogP contribution >= 0.6 is 11.6 Å². The fourth-order valence-electron chi connectivity index (χ4n) is 3.31. The van der Waals surface area contributed by atoms with Gasteiger partial charge in [0.05, 0.1) is 10.7 Å². The van der Waals surface area contributed by atoms with Gasteiger partial charge in [0.15, 0.2) is 6.10 Å². The second kappa shape index (κ2) is 5.16. The highest BCUT2D eigenvalue weighted by molar-refractivity contribution is 6.33. The van der Waals surface area contributed by atoms with E-state index in [9.17, 15) is 9.90 Å². The first-order chi connectivity index (χ1) is 9.88. The lowest BCUT2D eigenvalue weighted by Gasteiger charge is -2.23. The van der Waals surface area contributed by atoms with Crippen molar-refractivity contribution >= 4 is 28.9 Å². The number of nitrogens with zero attached hydrogens (tertiary/aromatic N) is 2. The van der Waals surface area contributed by atoms with Crippen LogP contribution in [0.2, 0.25) is 5.02 Å². The molecule has 5 nitrogen and oxygen atoms in total. The zero-order chi connectivity index (χ0) is 15.3. The fraction of sp³-hybridized carbons (Fsp3) is 0.533. The minimum absolute atomic E-state index is 0.390. The van der Waals surface area contributed by atoms with Gasteiger partial charge in [-0.1, -0.05) is 18.5 Å². The molecule has 0 radical (unpaired) electrons. The number of aliphatic hydroxyl groups is 1. The maximum atomic E-state index is 11.5. The first-order valence-corrected chi connectivity index (χ1v) is 7.50. The van der Waals surface area contributed by atoms with E-state index in [0.29, 0.717) is 28.2 Å². The number of anilines is 2. The summed E-state index contributed by atoms with van der Waals surface area (Å²) in [5, 5.41) is 13.1. The maximum absolute atomic E-state index is 11.5. The highest BCUT2D eigenvalue weighted by Gasteiger charge is 2.34. The Morgan fingerprint density at radius 2 is 2.10 bits per heavy atom. The number of hydrogen-bond acceptors (Lipinski definition) is 4. The van der Waals surface area contributed by atoms with Crippen LogP contribution in [0.15, 0.2) is 12.1 Å². The predicted molar refractivity (Wildman–Crippen MR) is 83.9 cm³/mol. The summed E-state index contributed by atoms with van der Waals surface area (Å²) in [5.74, 6) is 0.156. The van der Waals surface area contributed by atoms with E-state index in [0.717, 1.165) is 18.8 Å². The molecule has 3 atom stereocenters. The van der Waals surface area contributed by atoms with E-state index in [1.165, 1.54) is 0 Å². The second-order valence-electron chi connectivity index (χ2n) is 6.20. The molecule has 0 spiro atoms. The predicted octanol–water partition coefficient (Wildman–Crippen LogP) is 1.71. The van der Waals surface area contributed by atoms with E-state index in [1.54, 1.807) is 6.07 Å². The van der Waals surface area contributed by atoms with E-state index in [-0.39, 0.29) is 5.91 Å². The number of hydrogen-bond donors (Lipinski definition) is 2. The Bertz CT molecular complexity index is 591. The Labute approximate surface area is 129 Å². The van der Waals surface area contributed by atoms with Gasteiger partial charge in [0.25, 0.3) is 5.91 Å². The van der Waals surface area contributed by atoms with Crippen molar-refractivity contribution in [1.29, 1.82) is 0 Å². The third-order valence-electron chi connectivity index (χ3n) is 4.50. The lowest BCUT2D eigenvalue weighted by atomic mass is 10.1. The number of carbonyl (C=O) groups excluding carboxylic acids is 1. The average Bonchev–Trinajstić information content (AvgIpc) is 2.92. The Morgan fingerprint density at radius 1 is 1.38 bits per heavy atom. The Kier molecular flexibility index (Phi) is 3.59. The van der Waals surface area contributed by atoms with Gasteiger partial charge in [-0.15, -0.1) is 0 Å². The molecular weight excluding hydrogens is 290 g/mol. The first kappa shape index (κ1) is 14.6. The van der Waals surface area contributed by atoms with Crippen LogP contribution in [0.1, 0.15) is 18.6 Å². The number of likely N-dealkylation sites (N-methyl/N-ethyl adjacent to an activating group) is 1. The van der Waals surface area contributed by atoms with Crippen molar-refractivity contribution < 1.29 is 9.90 Å². The molecule has 0 bridgehead atoms. The van der Waals surface area contributed by atoms with Crippen LogP contribution in [0.4, 0.5) is 11.4 Å². The molecule has 1 aromatic carbocycles. The van der Waals surface area contributed by atoms with Crippen LogP contribution in [0.3, 0.4) is 0 Å². The molecule has 3 rings (SSSR count). The highest BCUT2D eigenvalue weighted by Crippen LogP contribution is 2.40. The van der Waals surface area contributed by atoms with Gasteiger partial charge in [-0.2, -0.15) is 0 Å². The summed E-state index contributed by atoms with van der Waals surface area (Å²) in [7, 11) is 4.18. The van der Waals surface area contributed by atoms with Crippen LogP contribution in [-0.2, 0) is 4.79 Å². The quantitative estimate of drug-likeness (QED) is 0.873. The molecule has 3 unspecified atom stereocenters. The van der Waals surface area contributed by atoms with Crippen LogP contribution in [0, 0.1) is 5.92 Å². The zero-order valence-corrected chi connectivity index (χ0v) is 13.2. The third kappa shape index (κ3) is 2.39. The standard InChI is InChI=1S/C15H20ClN3O2/c1-8-6-19(7-13(8)18(2)3)12-5-11-9(4-10(12)16)14(20)15(21)17-11/h4-5,8,13-14,20H,6-7H2,1-3H3,(H,17,21). The number of nitrogens with one attached hydrogen (secondary N) is 1. The summed E-state index contributed by atoms with van der Waals surface area (Å²) in [6.07, 6.45) is -1.11. The monoisotopic (exact) mass is 309 g/mol. The van der Waals surface area contributed by atoms with Gasteiger partial charge in [0.2, 0.25) is 0 Å². The lowest BCUT2D eigenvalue weighted by molar-refractivity contribution is -0.123. The molecule has 2 aliphatic rings. The van der Waals surface area contributed by atoms with Gasteiger partial charge < -0.3 is 20.2 Å². The van der Waals surface area contributed by atoms with Gasteiger partial charge in [-0.05, 0) is 32.1 Å². The van der Waals surface area contributed by atoms with E-state index >= 15 is 0 Å². The summed E-state index contributed by atoms with van der Waals surface area (Å²) < 4.78 is 0. The van der Waals surface area contributed by atoms with Crippen molar-refractivity contribution in [3.8, 4) is 0 Å². The van der Waals surface area contributed by atoms with Gasteiger partial charge in [0, 0.05) is 30.4 Å². The summed E-state index contributed by atoms with van der Waals surface area (Å²) >= 11 is 6.37. The molecule has 6 heteroatoms. The Hall–Kier alpha value is -1.30. The van der Waals surface area contributed by atoms with Crippen LogP contribution < -0.4 is 10.2 Å². The van der Waals surface area contributed by atoms with Crippen molar-refractivity contribution in [2.45, 2.75) is 19.1 Å². The lowest BCUT2D eigenvalue weighted by Crippen LogP contribution is -2.34. The largest absolute Gasteiger partial charge is 0.378 e. The molecule has 1 saturated heterocycles. The molecule has 0 aliphatic carbocycles. The van der Waals surface area contributed by atoms with Crippen molar-refractivity contribution in [1.82, 2.24) is 4.90 Å². The number of amides is 1. The van der Waals surface area contributed by atoms with Gasteiger partial charge in [-0.25, -0.2) is 0 Å². The molecule has 1 amide bonds. The zero-order valence-electron chi connectivity index (χ0n) is 12.4. The molecule has 2 N–H and O–H groups in total. The molecule has 2 aliphatic heterocycles. The van der Waals surface area contributed by atoms with E-state index < -0.39 is 6.10 Å². The smallest absolute Gasteiger partial charge is 0.257 e. The third-order valence-corrected chi connectivity index (χ3v) is 4.80. The molecule has 1 aromatic rings. The summed E-state index contributed by atoms with van der Waals surface area (Å²) in [6.45, 7) is 4.07. The number of benzene rings is 1. The minimum Gasteiger partial charge on any atom is -0.378 e. The van der Waals surface area contributed by atoms with Crippen molar-refractivity contribution in [2.75, 3.05) is 37.4 Å². The normalized spacial score (nSPS) is 28.2. The molecular formula is C15H20ClN3O2. The van der Waals surface area contributed by atoms with Crippen LogP contribution in [0.25, 0.3) is 0 Å². The van der Waals surface area contributed by atoms with Crippen molar-refractivity contribution in [3.63, 3.8) is 0 Å². The van der Waals surface area contributed by atoms with Crippen LogP contribution in [0.5, 0.6) is 0 Å². The van der Waals surface area contributed by atoms with Gasteiger partial charge in [0.1, 0.15) is 0 Å². The first-order valence-electron chi connectivity index (χ1n) is 7.12. The molecule has 0 saturated carbocycles. The molecule has 2 heterocycles. The Morgan fingerprint density at radius 3 is 2.71 bits per heavy atom. The summed E-state index contributed by atoms with van der Waals surface area (Å²) in [5.41, 5.74) is 2.14. The van der Waals surface area contributed by atoms with Crippen molar-refractivity contribution in [3.05, 3.63) is 22.7 Å². The molecule has 114 valence electrons. The topological polar surface area (TPSA) is 55.8 Å². The summed E-state index contributed by atoms with van der Waals surface area (Å²) in [4.78, 5) is 16.0. The van der Waals surface area contributed by atoms with E-state index in [4.69, 9.17) is 11.6 Å². The van der Waals surface area contributed by atoms with Crippen molar-refractivity contribution in [2.24, 2.45) is 5.92 Å². The maximum Gasteiger partial charge on any atom is 0.257 e. The number of rotatable bonds is 2.